The van der Waals surface area contributed by atoms with Gasteiger partial charge in [-0.2, -0.15) is 5.10 Å². The zero-order valence-corrected chi connectivity index (χ0v) is 21.0. The molecule has 3 aromatic carbocycles. The lowest BCUT2D eigenvalue weighted by Gasteiger charge is -2.12. The molecule has 10 nitrogen and oxygen atoms in total. The van der Waals surface area contributed by atoms with Gasteiger partial charge in [0.2, 0.25) is 0 Å². The van der Waals surface area contributed by atoms with Crippen molar-refractivity contribution < 1.29 is 28.6 Å². The minimum absolute atomic E-state index is 0.213. The van der Waals surface area contributed by atoms with Crippen LogP contribution in [0.4, 0.5) is 11.4 Å². The van der Waals surface area contributed by atoms with Crippen LogP contribution < -0.4 is 30.3 Å². The molecule has 192 valence electrons. The number of nitrogens with zero attached hydrogens (tertiary/aromatic N) is 1. The van der Waals surface area contributed by atoms with Crippen molar-refractivity contribution >= 4 is 35.3 Å². The van der Waals surface area contributed by atoms with Crippen molar-refractivity contribution in [2.75, 3.05) is 31.5 Å². The van der Waals surface area contributed by atoms with Gasteiger partial charge in [-0.25, -0.2) is 5.43 Å². The van der Waals surface area contributed by atoms with Crippen LogP contribution in [0.5, 0.6) is 17.2 Å². The molecule has 0 bridgehead atoms. The zero-order valence-electron chi connectivity index (χ0n) is 21.0. The fraction of sp³-hybridized carbons (Fsp3) is 0.185. The van der Waals surface area contributed by atoms with Crippen molar-refractivity contribution in [3.8, 4) is 17.2 Å². The topological polar surface area (TPSA) is 127 Å². The van der Waals surface area contributed by atoms with Crippen molar-refractivity contribution in [3.05, 3.63) is 77.4 Å². The van der Waals surface area contributed by atoms with Crippen molar-refractivity contribution in [3.63, 3.8) is 0 Å². The summed E-state index contributed by atoms with van der Waals surface area (Å²) in [6.45, 7) is 3.65. The van der Waals surface area contributed by atoms with E-state index in [1.165, 1.54) is 20.4 Å². The van der Waals surface area contributed by atoms with Crippen molar-refractivity contribution in [1.82, 2.24) is 5.43 Å². The molecule has 37 heavy (non-hydrogen) atoms. The first kappa shape index (κ1) is 26.7. The molecule has 0 saturated carbocycles. The lowest BCUT2D eigenvalue weighted by Crippen LogP contribution is -2.32. The number of hydrogen-bond donors (Lipinski definition) is 3. The van der Waals surface area contributed by atoms with E-state index in [4.69, 9.17) is 14.2 Å². The van der Waals surface area contributed by atoms with E-state index in [2.05, 4.69) is 21.2 Å². The number of carbonyl (C=O) groups is 3. The molecule has 0 aromatic heterocycles. The quantitative estimate of drug-likeness (QED) is 0.233. The maximum absolute atomic E-state index is 12.3. The highest BCUT2D eigenvalue weighted by Crippen LogP contribution is 2.27. The van der Waals surface area contributed by atoms with Crippen molar-refractivity contribution in [2.45, 2.75) is 13.8 Å². The molecule has 3 N–H and O–H groups in total. The van der Waals surface area contributed by atoms with Gasteiger partial charge in [0.05, 0.1) is 20.4 Å². The Hall–Kier alpha value is -4.86. The Morgan fingerprint density at radius 2 is 1.68 bits per heavy atom. The van der Waals surface area contributed by atoms with E-state index in [1.807, 2.05) is 32.0 Å². The highest BCUT2D eigenvalue weighted by atomic mass is 16.5. The monoisotopic (exact) mass is 504 g/mol. The number of nitrogens with one attached hydrogen (secondary N) is 3. The molecule has 3 rings (SSSR count). The molecule has 3 amide bonds. The molecule has 0 aliphatic heterocycles. The van der Waals surface area contributed by atoms with E-state index in [0.29, 0.717) is 28.5 Å². The maximum Gasteiger partial charge on any atom is 0.329 e. The summed E-state index contributed by atoms with van der Waals surface area (Å²) in [5.41, 5.74) is 5.86. The number of anilines is 2. The number of hydrazone groups is 1. The minimum atomic E-state index is -0.944. The van der Waals surface area contributed by atoms with Gasteiger partial charge in [-0.15, -0.1) is 0 Å². The molecule has 0 atom stereocenters. The molecular formula is C27H28N4O6. The fourth-order valence-corrected chi connectivity index (χ4v) is 3.19. The molecule has 3 aromatic rings. The lowest BCUT2D eigenvalue weighted by molar-refractivity contribution is -0.136. The van der Waals surface area contributed by atoms with Gasteiger partial charge in [0.15, 0.2) is 18.1 Å². The van der Waals surface area contributed by atoms with E-state index in [-0.39, 0.29) is 12.5 Å². The second-order valence-electron chi connectivity index (χ2n) is 7.95. The third-order valence-corrected chi connectivity index (χ3v) is 5.13. The third kappa shape index (κ3) is 7.82. The summed E-state index contributed by atoms with van der Waals surface area (Å²) in [4.78, 5) is 36.5. The van der Waals surface area contributed by atoms with Gasteiger partial charge < -0.3 is 24.8 Å². The Labute approximate surface area is 214 Å². The van der Waals surface area contributed by atoms with Crippen molar-refractivity contribution in [1.29, 1.82) is 0 Å². The summed E-state index contributed by atoms with van der Waals surface area (Å²) >= 11 is 0. The van der Waals surface area contributed by atoms with E-state index in [0.717, 1.165) is 16.8 Å². The number of carbonyl (C=O) groups excluding carboxylic acids is 3. The molecule has 0 spiro atoms. The fourth-order valence-electron chi connectivity index (χ4n) is 3.19. The lowest BCUT2D eigenvalue weighted by atomic mass is 10.1. The van der Waals surface area contributed by atoms with Gasteiger partial charge in [-0.1, -0.05) is 18.2 Å². The summed E-state index contributed by atoms with van der Waals surface area (Å²) in [5.74, 6) is -0.870. The summed E-state index contributed by atoms with van der Waals surface area (Å²) in [6, 6.07) is 17.3. The highest BCUT2D eigenvalue weighted by Gasteiger charge is 2.14. The Bertz CT molecular complexity index is 1320. The summed E-state index contributed by atoms with van der Waals surface area (Å²) in [5, 5.41) is 9.10. The molecule has 0 aliphatic rings. The molecule has 0 aliphatic carbocycles. The minimum Gasteiger partial charge on any atom is -0.497 e. The molecule has 0 fully saturated rings. The number of amides is 3. The first-order valence-electron chi connectivity index (χ1n) is 11.3. The Balaban J connectivity index is 1.54. The molecule has 0 radical (unpaired) electrons. The van der Waals surface area contributed by atoms with E-state index in [1.54, 1.807) is 42.5 Å². The number of benzene rings is 3. The summed E-state index contributed by atoms with van der Waals surface area (Å²) < 4.78 is 16.0. The molecule has 10 heteroatoms. The number of aryl methyl sites for hydroxylation is 2. The largest absolute Gasteiger partial charge is 0.497 e. The number of methoxy groups -OCH3 is 2. The zero-order chi connectivity index (χ0) is 26.8. The van der Waals surface area contributed by atoms with E-state index in [9.17, 15) is 14.4 Å². The van der Waals surface area contributed by atoms with Gasteiger partial charge in [0, 0.05) is 17.4 Å². The number of rotatable bonds is 9. The highest BCUT2D eigenvalue weighted by molar-refractivity contribution is 6.39. The Morgan fingerprint density at radius 1 is 0.865 bits per heavy atom. The first-order valence-corrected chi connectivity index (χ1v) is 11.3. The van der Waals surface area contributed by atoms with Crippen LogP contribution >= 0.6 is 0 Å². The van der Waals surface area contributed by atoms with Crippen LogP contribution in [0.2, 0.25) is 0 Å². The van der Waals surface area contributed by atoms with Gasteiger partial charge in [0.1, 0.15) is 5.75 Å². The predicted octanol–water partition coefficient (Wildman–Crippen LogP) is 3.43. The van der Waals surface area contributed by atoms with Crippen LogP contribution in [0.25, 0.3) is 0 Å². The van der Waals surface area contributed by atoms with Gasteiger partial charge >= 0.3 is 11.8 Å². The number of ether oxygens (including phenoxy) is 3. The SMILES string of the molecule is COc1cccc(NC(=O)C(=O)N/N=C\c2ccc(OCC(=O)Nc3cc(C)ccc3C)c(OC)c2)c1. The van der Waals surface area contributed by atoms with Crippen molar-refractivity contribution in [2.24, 2.45) is 5.10 Å². The van der Waals surface area contributed by atoms with Crippen LogP contribution in [0.1, 0.15) is 16.7 Å². The van der Waals surface area contributed by atoms with E-state index >= 15 is 0 Å². The van der Waals surface area contributed by atoms with Crippen LogP contribution in [0.15, 0.2) is 65.8 Å². The second kappa shape index (κ2) is 12.7. The average Bonchev–Trinajstić information content (AvgIpc) is 2.89. The summed E-state index contributed by atoms with van der Waals surface area (Å²) in [6.07, 6.45) is 1.34. The maximum atomic E-state index is 12.3. The molecule has 0 heterocycles. The first-order chi connectivity index (χ1) is 17.8. The predicted molar refractivity (Wildman–Crippen MR) is 140 cm³/mol. The molecular weight excluding hydrogens is 476 g/mol. The smallest absolute Gasteiger partial charge is 0.329 e. The van der Waals surface area contributed by atoms with Gasteiger partial charge in [-0.05, 0) is 66.9 Å². The summed E-state index contributed by atoms with van der Waals surface area (Å²) in [7, 11) is 2.96. The standard InChI is InChI=1S/C27H28N4O6/c1-17-8-9-18(2)22(12-17)30-25(32)16-37-23-11-10-19(13-24(23)36-4)15-28-31-27(34)26(33)29-20-6-5-7-21(14-20)35-3/h5-15H,16H2,1-4H3,(H,29,33)(H,30,32)(H,31,34)/b28-15-. The van der Waals surface area contributed by atoms with Crippen LogP contribution in [0.3, 0.4) is 0 Å². The average molecular weight is 505 g/mol. The van der Waals surface area contributed by atoms with Gasteiger partial charge in [0.25, 0.3) is 5.91 Å². The third-order valence-electron chi connectivity index (χ3n) is 5.13. The van der Waals surface area contributed by atoms with Crippen LogP contribution in [-0.2, 0) is 14.4 Å². The molecule has 0 saturated heterocycles. The Kier molecular flexibility index (Phi) is 9.20. The Morgan fingerprint density at radius 3 is 2.43 bits per heavy atom. The molecule has 0 unspecified atom stereocenters. The number of hydrogen-bond acceptors (Lipinski definition) is 7. The second-order valence-corrected chi connectivity index (χ2v) is 7.95. The van der Waals surface area contributed by atoms with Crippen LogP contribution in [-0.4, -0.2) is 44.8 Å². The normalized spacial score (nSPS) is 10.5. The van der Waals surface area contributed by atoms with Crippen LogP contribution in [0, 0.1) is 13.8 Å². The van der Waals surface area contributed by atoms with E-state index < -0.39 is 11.8 Å². The van der Waals surface area contributed by atoms with Gasteiger partial charge in [-0.3, -0.25) is 14.4 Å².